The van der Waals surface area contributed by atoms with Crippen molar-refractivity contribution in [3.05, 3.63) is 35.5 Å². The number of aromatic nitrogens is 1. The van der Waals surface area contributed by atoms with Gasteiger partial charge in [-0.1, -0.05) is 37.5 Å². The Morgan fingerprint density at radius 3 is 2.68 bits per heavy atom. The third-order valence-electron chi connectivity index (χ3n) is 5.37. The van der Waals surface area contributed by atoms with Gasteiger partial charge < -0.3 is 10.1 Å². The Morgan fingerprint density at radius 2 is 1.91 bits per heavy atom. The Balaban J connectivity index is 1.80. The van der Waals surface area contributed by atoms with Gasteiger partial charge >= 0.3 is 5.97 Å². The fourth-order valence-electron chi connectivity index (χ4n) is 4.27. The maximum absolute atomic E-state index is 11.6. The molecule has 4 nitrogen and oxygen atoms in total. The fraction of sp³-hybridized carbons (Fsp3) is 0.500. The molecule has 0 unspecified atom stereocenters. The average Bonchev–Trinajstić information content (AvgIpc) is 2.93. The summed E-state index contributed by atoms with van der Waals surface area (Å²) < 4.78 is 0. The van der Waals surface area contributed by atoms with Crippen LogP contribution in [-0.4, -0.2) is 22.1 Å². The standard InChI is InChI=1S/C18H22N2O2/c21-18(22)15-10-13-12-8-4-5-9-14(12)19-17(13)16(20-15)11-6-2-1-3-7-11/h4-5,8-9,11,15-16,19-20H,1-3,6-7,10H2,(H,21,22)/t15-,16+/m1/s1. The number of benzene rings is 1. The molecule has 0 saturated heterocycles. The summed E-state index contributed by atoms with van der Waals surface area (Å²) in [6.45, 7) is 0. The van der Waals surface area contributed by atoms with Crippen molar-refractivity contribution in [1.82, 2.24) is 10.3 Å². The van der Waals surface area contributed by atoms with Crippen LogP contribution in [0.2, 0.25) is 0 Å². The van der Waals surface area contributed by atoms with Crippen molar-refractivity contribution < 1.29 is 9.90 Å². The molecular weight excluding hydrogens is 276 g/mol. The minimum atomic E-state index is -0.739. The lowest BCUT2D eigenvalue weighted by Gasteiger charge is -2.36. The second-order valence-corrected chi connectivity index (χ2v) is 6.70. The number of carbonyl (C=O) groups is 1. The van der Waals surface area contributed by atoms with Gasteiger partial charge in [0.25, 0.3) is 0 Å². The maximum Gasteiger partial charge on any atom is 0.321 e. The third-order valence-corrected chi connectivity index (χ3v) is 5.37. The first-order chi connectivity index (χ1) is 10.7. The SMILES string of the molecule is O=C(O)[C@H]1Cc2c([nH]c3ccccc23)[C@H](C2CCCCC2)N1. The summed E-state index contributed by atoms with van der Waals surface area (Å²) in [5.41, 5.74) is 3.56. The van der Waals surface area contributed by atoms with Crippen LogP contribution < -0.4 is 5.32 Å². The van der Waals surface area contributed by atoms with Gasteiger partial charge in [-0.3, -0.25) is 10.1 Å². The first-order valence-corrected chi connectivity index (χ1v) is 8.32. The molecule has 4 heteroatoms. The predicted octanol–water partition coefficient (Wildman–Crippen LogP) is 3.39. The molecule has 1 aliphatic carbocycles. The van der Waals surface area contributed by atoms with Crippen LogP contribution in [0.3, 0.4) is 0 Å². The van der Waals surface area contributed by atoms with Crippen molar-refractivity contribution >= 4 is 16.9 Å². The summed E-state index contributed by atoms with van der Waals surface area (Å²) in [7, 11) is 0. The Morgan fingerprint density at radius 1 is 1.14 bits per heavy atom. The molecule has 2 aliphatic rings. The van der Waals surface area contributed by atoms with E-state index in [2.05, 4.69) is 22.4 Å². The van der Waals surface area contributed by atoms with Crippen LogP contribution in [0.5, 0.6) is 0 Å². The topological polar surface area (TPSA) is 65.1 Å². The molecule has 1 aromatic heterocycles. The smallest absolute Gasteiger partial charge is 0.321 e. The van der Waals surface area contributed by atoms with E-state index in [-0.39, 0.29) is 6.04 Å². The zero-order valence-electron chi connectivity index (χ0n) is 12.6. The molecule has 3 N–H and O–H groups in total. The van der Waals surface area contributed by atoms with Crippen molar-refractivity contribution in [3.63, 3.8) is 0 Å². The summed E-state index contributed by atoms with van der Waals surface area (Å²) in [4.78, 5) is 15.1. The number of nitrogens with one attached hydrogen (secondary N) is 2. The van der Waals surface area contributed by atoms with Crippen LogP contribution in [0.1, 0.15) is 49.4 Å². The summed E-state index contributed by atoms with van der Waals surface area (Å²) in [5, 5.41) is 14.1. The van der Waals surface area contributed by atoms with E-state index >= 15 is 0 Å². The molecule has 116 valence electrons. The maximum atomic E-state index is 11.6. The molecule has 0 spiro atoms. The molecular formula is C18H22N2O2. The first-order valence-electron chi connectivity index (χ1n) is 8.32. The van der Waals surface area contributed by atoms with E-state index in [0.29, 0.717) is 12.3 Å². The van der Waals surface area contributed by atoms with Gasteiger partial charge in [-0.25, -0.2) is 0 Å². The van der Waals surface area contributed by atoms with Gasteiger partial charge in [0, 0.05) is 23.0 Å². The lowest BCUT2D eigenvalue weighted by molar-refractivity contribution is -0.140. The highest BCUT2D eigenvalue weighted by Crippen LogP contribution is 2.40. The molecule has 2 aromatic rings. The number of rotatable bonds is 2. The molecule has 1 aliphatic heterocycles. The minimum absolute atomic E-state index is 0.151. The molecule has 0 amide bonds. The highest BCUT2D eigenvalue weighted by Gasteiger charge is 2.37. The lowest BCUT2D eigenvalue weighted by Crippen LogP contribution is -2.47. The Hall–Kier alpha value is -1.81. The lowest BCUT2D eigenvalue weighted by atomic mass is 9.79. The molecule has 0 radical (unpaired) electrons. The van der Waals surface area contributed by atoms with Gasteiger partial charge in [0.05, 0.1) is 6.04 Å². The van der Waals surface area contributed by atoms with Crippen molar-refractivity contribution in [2.75, 3.05) is 0 Å². The molecule has 0 bridgehead atoms. The van der Waals surface area contributed by atoms with Gasteiger partial charge in [0.1, 0.15) is 6.04 Å². The van der Waals surface area contributed by atoms with E-state index in [9.17, 15) is 9.90 Å². The number of H-pyrrole nitrogens is 1. The average molecular weight is 298 g/mol. The van der Waals surface area contributed by atoms with Crippen LogP contribution >= 0.6 is 0 Å². The van der Waals surface area contributed by atoms with E-state index in [1.54, 1.807) is 0 Å². The van der Waals surface area contributed by atoms with E-state index in [1.807, 2.05) is 12.1 Å². The monoisotopic (exact) mass is 298 g/mol. The van der Waals surface area contributed by atoms with E-state index in [4.69, 9.17) is 0 Å². The number of carboxylic acids is 1. The molecule has 2 heterocycles. The Bertz CT molecular complexity index is 700. The molecule has 1 aromatic carbocycles. The first kappa shape index (κ1) is 13.8. The van der Waals surface area contributed by atoms with Gasteiger partial charge in [-0.15, -0.1) is 0 Å². The predicted molar refractivity (Wildman–Crippen MR) is 85.9 cm³/mol. The summed E-state index contributed by atoms with van der Waals surface area (Å²) >= 11 is 0. The molecule has 22 heavy (non-hydrogen) atoms. The highest BCUT2D eigenvalue weighted by atomic mass is 16.4. The van der Waals surface area contributed by atoms with Crippen LogP contribution in [0.4, 0.5) is 0 Å². The van der Waals surface area contributed by atoms with E-state index in [1.165, 1.54) is 48.7 Å². The number of aliphatic carboxylic acids is 1. The summed E-state index contributed by atoms with van der Waals surface area (Å²) in [6.07, 6.45) is 6.78. The van der Waals surface area contributed by atoms with Crippen molar-refractivity contribution in [2.24, 2.45) is 5.92 Å². The minimum Gasteiger partial charge on any atom is -0.480 e. The van der Waals surface area contributed by atoms with Gasteiger partial charge in [0.2, 0.25) is 0 Å². The normalized spacial score (nSPS) is 26.0. The Labute approximate surface area is 129 Å². The van der Waals surface area contributed by atoms with Crippen molar-refractivity contribution in [1.29, 1.82) is 0 Å². The molecule has 4 rings (SSSR count). The van der Waals surface area contributed by atoms with Gasteiger partial charge in [-0.05, 0) is 30.4 Å². The largest absolute Gasteiger partial charge is 0.480 e. The summed E-state index contributed by atoms with van der Waals surface area (Å²) in [6, 6.07) is 7.93. The van der Waals surface area contributed by atoms with Gasteiger partial charge in [0.15, 0.2) is 0 Å². The fourth-order valence-corrected chi connectivity index (χ4v) is 4.27. The third kappa shape index (κ3) is 2.22. The second-order valence-electron chi connectivity index (χ2n) is 6.70. The number of hydrogen-bond acceptors (Lipinski definition) is 2. The quantitative estimate of drug-likeness (QED) is 0.796. The number of hydrogen-bond donors (Lipinski definition) is 3. The van der Waals surface area contributed by atoms with Crippen LogP contribution in [0, 0.1) is 5.92 Å². The van der Waals surface area contributed by atoms with E-state index < -0.39 is 12.0 Å². The number of fused-ring (bicyclic) bond motifs is 3. The Kier molecular flexibility index (Phi) is 3.41. The molecule has 1 fully saturated rings. The zero-order chi connectivity index (χ0) is 15.1. The van der Waals surface area contributed by atoms with E-state index in [0.717, 1.165) is 5.52 Å². The van der Waals surface area contributed by atoms with Crippen molar-refractivity contribution in [3.8, 4) is 0 Å². The molecule has 1 saturated carbocycles. The second kappa shape index (κ2) is 5.43. The highest BCUT2D eigenvalue weighted by molar-refractivity contribution is 5.86. The summed E-state index contributed by atoms with van der Waals surface area (Å²) in [5.74, 6) is -0.195. The van der Waals surface area contributed by atoms with Crippen LogP contribution in [0.15, 0.2) is 24.3 Å². The number of para-hydroxylation sites is 1. The van der Waals surface area contributed by atoms with Crippen LogP contribution in [-0.2, 0) is 11.2 Å². The van der Waals surface area contributed by atoms with Crippen LogP contribution in [0.25, 0.3) is 10.9 Å². The number of aromatic amines is 1. The van der Waals surface area contributed by atoms with Gasteiger partial charge in [-0.2, -0.15) is 0 Å². The zero-order valence-corrected chi connectivity index (χ0v) is 12.6. The molecule has 2 atom stereocenters. The number of carboxylic acid groups (broad SMARTS) is 1. The van der Waals surface area contributed by atoms with Crippen molar-refractivity contribution in [2.45, 2.75) is 50.6 Å².